The van der Waals surface area contributed by atoms with Crippen molar-refractivity contribution in [1.29, 1.82) is 0 Å². The molecule has 4 nitrogen and oxygen atoms in total. The summed E-state index contributed by atoms with van der Waals surface area (Å²) in [5, 5.41) is 7.91. The summed E-state index contributed by atoms with van der Waals surface area (Å²) in [5.41, 5.74) is 2.85. The van der Waals surface area contributed by atoms with E-state index in [0.29, 0.717) is 0 Å². The van der Waals surface area contributed by atoms with Gasteiger partial charge in [-0.3, -0.25) is 5.01 Å². The van der Waals surface area contributed by atoms with Crippen molar-refractivity contribution in [2.24, 2.45) is 5.10 Å². The third-order valence-corrected chi connectivity index (χ3v) is 1.43. The lowest BCUT2D eigenvalue weighted by Crippen LogP contribution is -2.36. The van der Waals surface area contributed by atoms with Crippen LogP contribution < -0.4 is 5.53 Å². The van der Waals surface area contributed by atoms with Crippen LogP contribution in [0.25, 0.3) is 0 Å². The van der Waals surface area contributed by atoms with E-state index >= 15 is 0 Å². The van der Waals surface area contributed by atoms with E-state index in [4.69, 9.17) is 0 Å². The number of hydrogen-bond acceptors (Lipinski definition) is 4. The molecule has 0 aliphatic carbocycles. The van der Waals surface area contributed by atoms with Crippen LogP contribution >= 0.6 is 0 Å². The monoisotopic (exact) mass is 112 g/mol. The lowest BCUT2D eigenvalue weighted by Gasteiger charge is -2.15. The van der Waals surface area contributed by atoms with E-state index in [0.717, 1.165) is 13.1 Å². The molecule has 2 rings (SSSR count). The molecule has 4 heteroatoms. The zero-order chi connectivity index (χ0) is 5.40. The van der Waals surface area contributed by atoms with E-state index in [1.807, 2.05) is 11.5 Å². The predicted molar refractivity (Wildman–Crippen MR) is 29.7 cm³/mol. The van der Waals surface area contributed by atoms with Gasteiger partial charge in [0.25, 0.3) is 0 Å². The number of nitrogens with zero attached hydrogens (tertiary/aromatic N) is 3. The summed E-state index contributed by atoms with van der Waals surface area (Å²) in [4.78, 5) is 0. The van der Waals surface area contributed by atoms with Gasteiger partial charge in [-0.25, -0.2) is 5.53 Å². The van der Waals surface area contributed by atoms with Gasteiger partial charge in [-0.1, -0.05) is 0 Å². The Morgan fingerprint density at radius 3 is 3.38 bits per heavy atom. The van der Waals surface area contributed by atoms with Crippen LogP contribution in [0.5, 0.6) is 0 Å². The Morgan fingerprint density at radius 1 is 1.50 bits per heavy atom. The lowest BCUT2D eigenvalue weighted by molar-refractivity contribution is 0.0746. The largest absolute Gasteiger partial charge is 0.275 e. The van der Waals surface area contributed by atoms with E-state index in [2.05, 4.69) is 15.6 Å². The Hall–Kier alpha value is -0.770. The molecule has 1 N–H and O–H groups in total. The number of rotatable bonds is 0. The number of hydrazone groups is 1. The van der Waals surface area contributed by atoms with E-state index < -0.39 is 0 Å². The van der Waals surface area contributed by atoms with Gasteiger partial charge < -0.3 is 0 Å². The van der Waals surface area contributed by atoms with Crippen molar-refractivity contribution in [3.05, 3.63) is 0 Å². The molecule has 2 aliphatic heterocycles. The SMILES string of the molecule is C1=NNN2CCCN12. The Kier molecular flexibility index (Phi) is 0.700. The molecule has 2 heterocycles. The topological polar surface area (TPSA) is 30.9 Å². The lowest BCUT2D eigenvalue weighted by atomic mass is 10.5. The Bertz CT molecular complexity index is 121. The van der Waals surface area contributed by atoms with Gasteiger partial charge in [0.15, 0.2) is 0 Å². The molecule has 0 radical (unpaired) electrons. The molecule has 0 saturated carbocycles. The fourth-order valence-electron chi connectivity index (χ4n) is 1.02. The van der Waals surface area contributed by atoms with Crippen LogP contribution in [0.3, 0.4) is 0 Å². The van der Waals surface area contributed by atoms with Gasteiger partial charge >= 0.3 is 0 Å². The fraction of sp³-hybridized carbons (Fsp3) is 0.750. The van der Waals surface area contributed by atoms with Gasteiger partial charge in [-0.15, -0.1) is 5.12 Å². The van der Waals surface area contributed by atoms with Gasteiger partial charge in [0.05, 0.1) is 0 Å². The minimum Gasteiger partial charge on any atom is -0.275 e. The molecule has 0 bridgehead atoms. The Morgan fingerprint density at radius 2 is 2.50 bits per heavy atom. The van der Waals surface area contributed by atoms with Crippen LogP contribution in [0.2, 0.25) is 0 Å². The standard InChI is InChI=1S/C4H8N4/c1-2-7-4-5-6-8(7)3-1/h4,6H,1-3H2. The second-order valence-corrected chi connectivity index (χ2v) is 1.98. The molecule has 0 spiro atoms. The van der Waals surface area contributed by atoms with E-state index in [-0.39, 0.29) is 0 Å². The van der Waals surface area contributed by atoms with Crippen molar-refractivity contribution in [3.63, 3.8) is 0 Å². The van der Waals surface area contributed by atoms with Crippen LogP contribution in [-0.2, 0) is 0 Å². The molecule has 44 valence electrons. The first-order valence-electron chi connectivity index (χ1n) is 2.80. The molecule has 0 unspecified atom stereocenters. The van der Waals surface area contributed by atoms with Crippen LogP contribution in [0, 0.1) is 0 Å². The Labute approximate surface area is 47.7 Å². The first-order chi connectivity index (χ1) is 3.97. The summed E-state index contributed by atoms with van der Waals surface area (Å²) in [6.07, 6.45) is 3.05. The first kappa shape index (κ1) is 4.14. The maximum atomic E-state index is 3.84. The molecular formula is C4H8N4. The molecule has 1 saturated heterocycles. The first-order valence-corrected chi connectivity index (χ1v) is 2.80. The molecule has 0 aromatic rings. The molecule has 1 fully saturated rings. The second-order valence-electron chi connectivity index (χ2n) is 1.98. The maximum Gasteiger partial charge on any atom is 0.128 e. The van der Waals surface area contributed by atoms with Gasteiger partial charge in [-0.2, -0.15) is 5.10 Å². The van der Waals surface area contributed by atoms with Crippen LogP contribution in [0.4, 0.5) is 0 Å². The Balaban J connectivity index is 2.13. The smallest absolute Gasteiger partial charge is 0.128 e. The number of nitrogens with one attached hydrogen (secondary N) is 1. The average Bonchev–Trinajstić information content (AvgIpc) is 2.15. The third kappa shape index (κ3) is 0.403. The van der Waals surface area contributed by atoms with Gasteiger partial charge in [-0.05, 0) is 6.42 Å². The highest BCUT2D eigenvalue weighted by Crippen LogP contribution is 2.07. The number of hydrogen-bond donors (Lipinski definition) is 1. The summed E-state index contributed by atoms with van der Waals surface area (Å²) in [5.74, 6) is 0. The van der Waals surface area contributed by atoms with E-state index in [1.165, 1.54) is 6.42 Å². The van der Waals surface area contributed by atoms with Crippen LogP contribution in [0.1, 0.15) is 6.42 Å². The fourth-order valence-corrected chi connectivity index (χ4v) is 1.02. The molecule has 0 aromatic carbocycles. The molecular weight excluding hydrogens is 104 g/mol. The molecule has 0 amide bonds. The maximum absolute atomic E-state index is 3.84. The van der Waals surface area contributed by atoms with Crippen molar-refractivity contribution in [1.82, 2.24) is 15.7 Å². The summed E-state index contributed by atoms with van der Waals surface area (Å²) < 4.78 is 0. The van der Waals surface area contributed by atoms with Crippen LogP contribution in [-0.4, -0.2) is 29.6 Å². The van der Waals surface area contributed by atoms with E-state index in [9.17, 15) is 0 Å². The molecule has 2 aliphatic rings. The summed E-state index contributed by atoms with van der Waals surface area (Å²) in [6.45, 7) is 2.19. The van der Waals surface area contributed by atoms with Crippen molar-refractivity contribution < 1.29 is 0 Å². The second kappa shape index (κ2) is 1.35. The normalized spacial score (nSPS) is 26.2. The summed E-state index contributed by atoms with van der Waals surface area (Å²) >= 11 is 0. The molecule has 0 atom stereocenters. The zero-order valence-corrected chi connectivity index (χ0v) is 4.54. The number of hydrazine groups is 2. The summed E-state index contributed by atoms with van der Waals surface area (Å²) in [7, 11) is 0. The highest BCUT2D eigenvalue weighted by molar-refractivity contribution is 5.55. The molecule has 8 heavy (non-hydrogen) atoms. The molecule has 0 aromatic heterocycles. The van der Waals surface area contributed by atoms with Crippen molar-refractivity contribution in [2.75, 3.05) is 13.1 Å². The number of fused-ring (bicyclic) bond motifs is 1. The van der Waals surface area contributed by atoms with Crippen molar-refractivity contribution in [3.8, 4) is 0 Å². The zero-order valence-electron chi connectivity index (χ0n) is 4.54. The highest BCUT2D eigenvalue weighted by atomic mass is 15.9. The van der Waals surface area contributed by atoms with Gasteiger partial charge in [0.1, 0.15) is 6.34 Å². The highest BCUT2D eigenvalue weighted by Gasteiger charge is 2.21. The minimum atomic E-state index is 1.08. The average molecular weight is 112 g/mol. The van der Waals surface area contributed by atoms with Crippen LogP contribution in [0.15, 0.2) is 5.10 Å². The predicted octanol–water partition coefficient (Wildman–Crippen LogP) is -0.629. The summed E-state index contributed by atoms with van der Waals surface area (Å²) in [6, 6.07) is 0. The van der Waals surface area contributed by atoms with Crippen molar-refractivity contribution >= 4 is 6.34 Å². The van der Waals surface area contributed by atoms with Crippen molar-refractivity contribution in [2.45, 2.75) is 6.42 Å². The third-order valence-electron chi connectivity index (χ3n) is 1.43. The minimum absolute atomic E-state index is 1.08. The van der Waals surface area contributed by atoms with E-state index in [1.54, 1.807) is 0 Å². The van der Waals surface area contributed by atoms with Gasteiger partial charge in [0.2, 0.25) is 0 Å². The quantitative estimate of drug-likeness (QED) is 0.452. The van der Waals surface area contributed by atoms with Gasteiger partial charge in [0, 0.05) is 13.1 Å².